The van der Waals surface area contributed by atoms with Gasteiger partial charge >= 0.3 is 16.3 Å². The first-order valence-electron chi connectivity index (χ1n) is 6.78. The van der Waals surface area contributed by atoms with E-state index in [0.29, 0.717) is 11.7 Å². The maximum atomic E-state index is 11.7. The maximum Gasteiger partial charge on any atom is 0.422 e. The number of hydrogen-bond donors (Lipinski definition) is 3. The molecule has 0 unspecified atom stereocenters. The van der Waals surface area contributed by atoms with E-state index in [4.69, 9.17) is 0 Å². The maximum absolute atomic E-state index is 11.7. The molecule has 2 rings (SSSR count). The summed E-state index contributed by atoms with van der Waals surface area (Å²) in [5.41, 5.74) is 1.45. The van der Waals surface area contributed by atoms with Crippen LogP contribution < -0.4 is 14.8 Å². The van der Waals surface area contributed by atoms with Crippen molar-refractivity contribution in [3.8, 4) is 0 Å². The standard InChI is InChI=1S/C13H19N3O4S/c1-2-20-13(17)16-21(18,19)15-12-5-3-10(4-6-12)9-14-11-7-8-11/h3-6,11,14-15H,2,7-9H2,1H3,(H,16,17). The minimum atomic E-state index is -3.97. The predicted octanol–water partition coefficient (Wildman–Crippen LogP) is 1.34. The number of hydrogen-bond acceptors (Lipinski definition) is 5. The van der Waals surface area contributed by atoms with Gasteiger partial charge in [-0.2, -0.15) is 8.42 Å². The van der Waals surface area contributed by atoms with Crippen molar-refractivity contribution < 1.29 is 17.9 Å². The minimum Gasteiger partial charge on any atom is -0.449 e. The number of benzene rings is 1. The molecule has 116 valence electrons. The van der Waals surface area contributed by atoms with Crippen LogP contribution in [0.5, 0.6) is 0 Å². The Morgan fingerprint density at radius 2 is 1.95 bits per heavy atom. The Bertz CT molecular complexity index is 582. The normalized spacial score (nSPS) is 14.5. The molecule has 7 nitrogen and oxygen atoms in total. The molecule has 0 spiro atoms. The lowest BCUT2D eigenvalue weighted by Crippen LogP contribution is -2.35. The number of ether oxygens (including phenoxy) is 1. The summed E-state index contributed by atoms with van der Waals surface area (Å²) in [6.07, 6.45) is 1.43. The van der Waals surface area contributed by atoms with Crippen LogP contribution in [-0.4, -0.2) is 27.2 Å². The summed E-state index contributed by atoms with van der Waals surface area (Å²) in [6.45, 7) is 2.46. The van der Waals surface area contributed by atoms with Crippen molar-refractivity contribution in [2.24, 2.45) is 0 Å². The van der Waals surface area contributed by atoms with E-state index in [9.17, 15) is 13.2 Å². The smallest absolute Gasteiger partial charge is 0.422 e. The van der Waals surface area contributed by atoms with Crippen molar-refractivity contribution in [2.45, 2.75) is 32.4 Å². The van der Waals surface area contributed by atoms with Crippen molar-refractivity contribution in [1.82, 2.24) is 10.0 Å². The number of nitrogens with one attached hydrogen (secondary N) is 3. The topological polar surface area (TPSA) is 96.5 Å². The number of rotatable bonds is 7. The summed E-state index contributed by atoms with van der Waals surface area (Å²) in [4.78, 5) is 11.1. The van der Waals surface area contributed by atoms with Crippen LogP contribution in [0.15, 0.2) is 24.3 Å². The van der Waals surface area contributed by atoms with Gasteiger partial charge in [-0.3, -0.25) is 4.72 Å². The Kier molecular flexibility index (Phi) is 5.03. The highest BCUT2D eigenvalue weighted by atomic mass is 32.2. The van der Waals surface area contributed by atoms with Crippen molar-refractivity contribution >= 4 is 22.0 Å². The van der Waals surface area contributed by atoms with Crippen molar-refractivity contribution in [2.75, 3.05) is 11.3 Å². The molecule has 1 amide bonds. The Labute approximate surface area is 124 Å². The van der Waals surface area contributed by atoms with Gasteiger partial charge in [-0.25, -0.2) is 9.52 Å². The van der Waals surface area contributed by atoms with Crippen LogP contribution in [0, 0.1) is 0 Å². The van der Waals surface area contributed by atoms with E-state index in [-0.39, 0.29) is 6.61 Å². The second kappa shape index (κ2) is 6.77. The van der Waals surface area contributed by atoms with Crippen molar-refractivity contribution in [1.29, 1.82) is 0 Å². The predicted molar refractivity (Wildman–Crippen MR) is 79.0 cm³/mol. The molecule has 3 N–H and O–H groups in total. The average Bonchev–Trinajstić information content (AvgIpc) is 3.21. The first-order valence-corrected chi connectivity index (χ1v) is 8.26. The molecule has 1 aliphatic rings. The third-order valence-corrected chi connectivity index (χ3v) is 3.81. The molecule has 21 heavy (non-hydrogen) atoms. The van der Waals surface area contributed by atoms with E-state index < -0.39 is 16.3 Å². The molecule has 0 radical (unpaired) electrons. The van der Waals surface area contributed by atoms with Crippen LogP contribution in [-0.2, 0) is 21.5 Å². The van der Waals surface area contributed by atoms with Gasteiger partial charge in [-0.05, 0) is 37.5 Å². The van der Waals surface area contributed by atoms with Crippen LogP contribution in [0.4, 0.5) is 10.5 Å². The van der Waals surface area contributed by atoms with E-state index >= 15 is 0 Å². The molecule has 1 aromatic rings. The molecule has 0 aliphatic heterocycles. The Hall–Kier alpha value is -1.80. The van der Waals surface area contributed by atoms with Gasteiger partial charge in [0.2, 0.25) is 0 Å². The fraction of sp³-hybridized carbons (Fsp3) is 0.462. The summed E-state index contributed by atoms with van der Waals surface area (Å²) in [6, 6.07) is 7.58. The van der Waals surface area contributed by atoms with Crippen molar-refractivity contribution in [3.05, 3.63) is 29.8 Å². The Balaban J connectivity index is 1.87. The van der Waals surface area contributed by atoms with E-state index in [0.717, 1.165) is 12.1 Å². The number of carbonyl (C=O) groups excluding carboxylic acids is 1. The van der Waals surface area contributed by atoms with Crippen LogP contribution in [0.3, 0.4) is 0 Å². The second-order valence-corrected chi connectivity index (χ2v) is 6.20. The third-order valence-electron chi connectivity index (χ3n) is 2.87. The van der Waals surface area contributed by atoms with E-state index in [1.807, 2.05) is 12.1 Å². The van der Waals surface area contributed by atoms with Gasteiger partial charge in [0.1, 0.15) is 0 Å². The lowest BCUT2D eigenvalue weighted by Gasteiger charge is -2.10. The quantitative estimate of drug-likeness (QED) is 0.706. The molecule has 1 fully saturated rings. The van der Waals surface area contributed by atoms with Gasteiger partial charge < -0.3 is 10.1 Å². The first kappa shape index (κ1) is 15.6. The van der Waals surface area contributed by atoms with Crippen LogP contribution in [0.2, 0.25) is 0 Å². The molecular weight excluding hydrogens is 294 g/mol. The summed E-state index contributed by atoms with van der Waals surface area (Å²) in [5, 5.41) is 3.37. The molecule has 0 saturated heterocycles. The molecule has 1 saturated carbocycles. The van der Waals surface area contributed by atoms with Crippen LogP contribution in [0.1, 0.15) is 25.3 Å². The molecule has 0 heterocycles. The monoisotopic (exact) mass is 313 g/mol. The Morgan fingerprint density at radius 1 is 1.29 bits per heavy atom. The summed E-state index contributed by atoms with van der Waals surface area (Å²) < 4.78 is 31.8. The zero-order valence-electron chi connectivity index (χ0n) is 11.8. The minimum absolute atomic E-state index is 0.101. The molecule has 1 aliphatic carbocycles. The van der Waals surface area contributed by atoms with Gasteiger partial charge in [-0.15, -0.1) is 0 Å². The lowest BCUT2D eigenvalue weighted by molar-refractivity contribution is 0.159. The summed E-state index contributed by atoms with van der Waals surface area (Å²) in [7, 11) is -3.97. The molecule has 0 atom stereocenters. The largest absolute Gasteiger partial charge is 0.449 e. The van der Waals surface area contributed by atoms with Crippen LogP contribution in [0.25, 0.3) is 0 Å². The van der Waals surface area contributed by atoms with Gasteiger partial charge in [0.25, 0.3) is 0 Å². The molecule has 0 bridgehead atoms. The Morgan fingerprint density at radius 3 is 2.52 bits per heavy atom. The molecular formula is C13H19N3O4S. The van der Waals surface area contributed by atoms with E-state index in [1.165, 1.54) is 12.8 Å². The summed E-state index contributed by atoms with van der Waals surface area (Å²) >= 11 is 0. The fourth-order valence-corrected chi connectivity index (χ4v) is 2.47. The molecule has 1 aromatic carbocycles. The number of carbonyl (C=O) groups is 1. The van der Waals surface area contributed by atoms with E-state index in [1.54, 1.807) is 23.8 Å². The van der Waals surface area contributed by atoms with Crippen LogP contribution >= 0.6 is 0 Å². The fourth-order valence-electron chi connectivity index (χ4n) is 1.69. The van der Waals surface area contributed by atoms with Gasteiger partial charge in [-0.1, -0.05) is 12.1 Å². The zero-order valence-corrected chi connectivity index (χ0v) is 12.6. The van der Waals surface area contributed by atoms with Crippen molar-refractivity contribution in [3.63, 3.8) is 0 Å². The highest BCUT2D eigenvalue weighted by molar-refractivity contribution is 7.91. The first-order chi connectivity index (χ1) is 9.98. The number of anilines is 1. The highest BCUT2D eigenvalue weighted by Gasteiger charge is 2.20. The van der Waals surface area contributed by atoms with Gasteiger partial charge in [0.15, 0.2) is 0 Å². The van der Waals surface area contributed by atoms with Gasteiger partial charge in [0.05, 0.1) is 12.3 Å². The third kappa shape index (κ3) is 5.60. The average molecular weight is 313 g/mol. The van der Waals surface area contributed by atoms with E-state index in [2.05, 4.69) is 14.8 Å². The highest BCUT2D eigenvalue weighted by Crippen LogP contribution is 2.19. The lowest BCUT2D eigenvalue weighted by atomic mass is 10.2. The summed E-state index contributed by atoms with van der Waals surface area (Å²) in [5.74, 6) is 0. The van der Waals surface area contributed by atoms with Gasteiger partial charge in [0, 0.05) is 12.6 Å². The number of amides is 1. The molecule has 0 aromatic heterocycles. The molecule has 8 heteroatoms. The SMILES string of the molecule is CCOC(=O)NS(=O)(=O)Nc1ccc(CNC2CC2)cc1. The second-order valence-electron chi connectivity index (χ2n) is 4.78. The zero-order chi connectivity index (χ0) is 15.3.